The molecule has 2 aliphatic rings. The number of halogens is 2. The quantitative estimate of drug-likeness (QED) is 0.589. The molecule has 162 valence electrons. The Balaban J connectivity index is 1.28. The molecular formula is C22H24ClFN6O. The number of fused-ring (bicyclic) bond motifs is 2. The van der Waals surface area contributed by atoms with Gasteiger partial charge in [0.2, 0.25) is 5.95 Å². The molecular weight excluding hydrogens is 419 g/mol. The lowest BCUT2D eigenvalue weighted by Crippen LogP contribution is -2.48. The maximum atomic E-state index is 13.7. The Bertz CT molecular complexity index is 1070. The van der Waals surface area contributed by atoms with E-state index in [-0.39, 0.29) is 5.82 Å². The summed E-state index contributed by atoms with van der Waals surface area (Å²) in [6, 6.07) is 9.13. The van der Waals surface area contributed by atoms with Crippen LogP contribution in [-0.2, 0) is 7.05 Å². The monoisotopic (exact) mass is 442 g/mol. The Morgan fingerprint density at radius 2 is 1.94 bits per heavy atom. The number of hydrogen-bond donors (Lipinski definition) is 1. The SMILES string of the molecule is Cc1cc(F)cc(Oc2nc(NC3C4CCC3CN(c3ccnc(Cl)c3)C4)nn2C)c1. The fourth-order valence-electron chi connectivity index (χ4n) is 4.79. The summed E-state index contributed by atoms with van der Waals surface area (Å²) in [4.78, 5) is 11.0. The van der Waals surface area contributed by atoms with Gasteiger partial charge >= 0.3 is 6.01 Å². The first kappa shape index (κ1) is 20.1. The molecule has 1 saturated carbocycles. The van der Waals surface area contributed by atoms with Crippen LogP contribution in [0, 0.1) is 24.6 Å². The summed E-state index contributed by atoms with van der Waals surface area (Å²) >= 11 is 6.08. The van der Waals surface area contributed by atoms with Gasteiger partial charge in [-0.25, -0.2) is 14.1 Å². The molecule has 3 heterocycles. The summed E-state index contributed by atoms with van der Waals surface area (Å²) in [5, 5.41) is 8.52. The number of aryl methyl sites for hydroxylation is 2. The molecule has 1 saturated heterocycles. The second-order valence-electron chi connectivity index (χ2n) is 8.42. The van der Waals surface area contributed by atoms with E-state index in [2.05, 4.69) is 25.3 Å². The van der Waals surface area contributed by atoms with Crippen molar-refractivity contribution in [3.05, 3.63) is 53.1 Å². The lowest BCUT2D eigenvalue weighted by atomic mass is 9.92. The third-order valence-corrected chi connectivity index (χ3v) is 6.36. The van der Waals surface area contributed by atoms with Gasteiger partial charge in [0.15, 0.2) is 0 Å². The van der Waals surface area contributed by atoms with Crippen LogP contribution in [0.25, 0.3) is 0 Å². The van der Waals surface area contributed by atoms with Crippen molar-refractivity contribution >= 4 is 23.2 Å². The molecule has 0 spiro atoms. The molecule has 1 aliphatic carbocycles. The van der Waals surface area contributed by atoms with Crippen LogP contribution in [0.15, 0.2) is 36.5 Å². The number of nitrogens with zero attached hydrogens (tertiary/aromatic N) is 5. The number of rotatable bonds is 5. The molecule has 2 aromatic heterocycles. The normalized spacial score (nSPS) is 22.6. The lowest BCUT2D eigenvalue weighted by Gasteiger charge is -2.39. The number of ether oxygens (including phenoxy) is 1. The minimum absolute atomic E-state index is 0.306. The van der Waals surface area contributed by atoms with E-state index < -0.39 is 0 Å². The number of nitrogens with one attached hydrogen (secondary N) is 1. The highest BCUT2D eigenvalue weighted by Crippen LogP contribution is 2.40. The molecule has 2 unspecified atom stereocenters. The minimum atomic E-state index is -0.339. The van der Waals surface area contributed by atoms with Gasteiger partial charge in [-0.05, 0) is 61.4 Å². The smallest absolute Gasteiger partial charge is 0.321 e. The van der Waals surface area contributed by atoms with Crippen LogP contribution in [0.1, 0.15) is 18.4 Å². The fraction of sp³-hybridized carbons (Fsp3) is 0.409. The van der Waals surface area contributed by atoms with Crippen molar-refractivity contribution in [2.45, 2.75) is 25.8 Å². The molecule has 2 atom stereocenters. The third kappa shape index (κ3) is 4.17. The summed E-state index contributed by atoms with van der Waals surface area (Å²) in [5.74, 6) is 1.58. The zero-order chi connectivity index (χ0) is 21.5. The average Bonchev–Trinajstić information content (AvgIpc) is 3.15. The highest BCUT2D eigenvalue weighted by atomic mass is 35.5. The van der Waals surface area contributed by atoms with Gasteiger partial charge in [0.1, 0.15) is 16.7 Å². The summed E-state index contributed by atoms with van der Waals surface area (Å²) in [6.07, 6.45) is 4.08. The minimum Gasteiger partial charge on any atom is -0.424 e. The van der Waals surface area contributed by atoms with Crippen LogP contribution < -0.4 is 15.0 Å². The Kier molecular flexibility index (Phi) is 5.17. The Morgan fingerprint density at radius 3 is 2.65 bits per heavy atom. The first-order chi connectivity index (χ1) is 14.9. The number of pyridine rings is 1. The summed E-state index contributed by atoms with van der Waals surface area (Å²) in [7, 11) is 1.77. The van der Waals surface area contributed by atoms with Crippen LogP contribution in [0.5, 0.6) is 11.8 Å². The highest BCUT2D eigenvalue weighted by Gasteiger charge is 2.42. The molecule has 1 N–H and O–H groups in total. The van der Waals surface area contributed by atoms with Gasteiger partial charge in [-0.1, -0.05) is 11.6 Å². The topological polar surface area (TPSA) is 68.1 Å². The highest BCUT2D eigenvalue weighted by molar-refractivity contribution is 6.29. The van der Waals surface area contributed by atoms with Crippen molar-refractivity contribution in [2.75, 3.05) is 23.3 Å². The van der Waals surface area contributed by atoms with E-state index in [9.17, 15) is 4.39 Å². The number of aromatic nitrogens is 4. The van der Waals surface area contributed by atoms with Gasteiger partial charge in [-0.15, -0.1) is 5.10 Å². The summed E-state index contributed by atoms with van der Waals surface area (Å²) in [5.41, 5.74) is 1.90. The van der Waals surface area contributed by atoms with E-state index in [0.717, 1.165) is 37.2 Å². The molecule has 0 amide bonds. The molecule has 7 nitrogen and oxygen atoms in total. The van der Waals surface area contributed by atoms with Gasteiger partial charge in [-0.2, -0.15) is 4.98 Å². The first-order valence-electron chi connectivity index (χ1n) is 10.4. The van der Waals surface area contributed by atoms with Crippen LogP contribution in [0.4, 0.5) is 16.0 Å². The first-order valence-corrected chi connectivity index (χ1v) is 10.8. The van der Waals surface area contributed by atoms with E-state index in [1.807, 2.05) is 19.1 Å². The van der Waals surface area contributed by atoms with E-state index in [1.165, 1.54) is 12.1 Å². The van der Waals surface area contributed by atoms with Crippen molar-refractivity contribution < 1.29 is 9.13 Å². The Labute approximate surface area is 185 Å². The number of hydrogen-bond acceptors (Lipinski definition) is 6. The third-order valence-electron chi connectivity index (χ3n) is 6.15. The van der Waals surface area contributed by atoms with Gasteiger partial charge < -0.3 is 15.0 Å². The van der Waals surface area contributed by atoms with Crippen LogP contribution in [0.2, 0.25) is 5.15 Å². The second-order valence-corrected chi connectivity index (χ2v) is 8.80. The molecule has 3 aromatic rings. The number of piperidine rings is 1. The van der Waals surface area contributed by atoms with E-state index in [1.54, 1.807) is 24.0 Å². The van der Waals surface area contributed by atoms with Crippen molar-refractivity contribution in [2.24, 2.45) is 18.9 Å². The largest absolute Gasteiger partial charge is 0.424 e. The molecule has 9 heteroatoms. The van der Waals surface area contributed by atoms with Gasteiger partial charge in [0.05, 0.1) is 0 Å². The molecule has 1 aromatic carbocycles. The Morgan fingerprint density at radius 1 is 1.16 bits per heavy atom. The Hall–Kier alpha value is -2.87. The van der Waals surface area contributed by atoms with Crippen LogP contribution >= 0.6 is 11.6 Å². The zero-order valence-corrected chi connectivity index (χ0v) is 18.2. The predicted molar refractivity (Wildman–Crippen MR) is 117 cm³/mol. The van der Waals surface area contributed by atoms with Crippen molar-refractivity contribution in [3.8, 4) is 11.8 Å². The molecule has 1 aliphatic heterocycles. The predicted octanol–water partition coefficient (Wildman–Crippen LogP) is 4.43. The summed E-state index contributed by atoms with van der Waals surface area (Å²) < 4.78 is 21.0. The molecule has 31 heavy (non-hydrogen) atoms. The maximum Gasteiger partial charge on any atom is 0.321 e. The van der Waals surface area contributed by atoms with Crippen molar-refractivity contribution in [3.63, 3.8) is 0 Å². The van der Waals surface area contributed by atoms with Gasteiger partial charge in [-0.3, -0.25) is 0 Å². The van der Waals surface area contributed by atoms with Crippen molar-refractivity contribution in [1.29, 1.82) is 0 Å². The number of benzene rings is 1. The standard InChI is InChI=1S/C22H24ClFN6O/c1-13-7-16(24)9-18(8-13)31-22-27-21(28-29(22)2)26-20-14-3-4-15(20)12-30(11-14)17-5-6-25-19(23)10-17/h5-10,14-15,20H,3-4,11-12H2,1-2H3,(H,26,28). The molecule has 2 fully saturated rings. The van der Waals surface area contributed by atoms with Crippen LogP contribution in [0.3, 0.4) is 0 Å². The summed E-state index contributed by atoms with van der Waals surface area (Å²) in [6.45, 7) is 3.72. The lowest BCUT2D eigenvalue weighted by molar-refractivity contribution is 0.376. The average molecular weight is 443 g/mol. The maximum absolute atomic E-state index is 13.7. The van der Waals surface area contributed by atoms with Gasteiger partial charge in [0.25, 0.3) is 0 Å². The van der Waals surface area contributed by atoms with Crippen molar-refractivity contribution in [1.82, 2.24) is 19.7 Å². The fourth-order valence-corrected chi connectivity index (χ4v) is 4.96. The second kappa shape index (κ2) is 8.00. The van der Waals surface area contributed by atoms with E-state index in [4.69, 9.17) is 16.3 Å². The molecule has 2 bridgehead atoms. The molecule has 5 rings (SSSR count). The number of anilines is 2. The van der Waals surface area contributed by atoms with Crippen LogP contribution in [-0.4, -0.2) is 38.9 Å². The van der Waals surface area contributed by atoms with E-state index >= 15 is 0 Å². The molecule has 0 radical (unpaired) electrons. The zero-order valence-electron chi connectivity index (χ0n) is 17.4. The van der Waals surface area contributed by atoms with Gasteiger partial charge in [0, 0.05) is 44.1 Å². The van der Waals surface area contributed by atoms with E-state index in [0.29, 0.717) is 40.7 Å².